The first-order chi connectivity index (χ1) is 11.1. The Hall–Kier alpha value is -1.73. The second kappa shape index (κ2) is 7.23. The highest BCUT2D eigenvalue weighted by Crippen LogP contribution is 2.19. The summed E-state index contributed by atoms with van der Waals surface area (Å²) in [5.41, 5.74) is 1.12. The lowest BCUT2D eigenvalue weighted by Gasteiger charge is -2.31. The van der Waals surface area contributed by atoms with Gasteiger partial charge < -0.3 is 15.3 Å². The summed E-state index contributed by atoms with van der Waals surface area (Å²) in [4.78, 5) is 16.8. The van der Waals surface area contributed by atoms with Crippen molar-refractivity contribution in [2.24, 2.45) is 0 Å². The summed E-state index contributed by atoms with van der Waals surface area (Å²) in [6, 6.07) is 1.90. The predicted molar refractivity (Wildman–Crippen MR) is 93.3 cm³/mol. The third-order valence-corrected chi connectivity index (χ3v) is 5.19. The lowest BCUT2D eigenvalue weighted by atomic mass is 10.1. The molecule has 0 aliphatic carbocycles. The summed E-state index contributed by atoms with van der Waals surface area (Å²) in [6.07, 6.45) is 4.25. The fraction of sp³-hybridized carbons (Fsp3) is 0.562. The number of aryl methyl sites for hydroxylation is 2. The van der Waals surface area contributed by atoms with E-state index in [1.807, 2.05) is 13.0 Å². The number of hydrogen-bond acceptors (Lipinski definition) is 7. The molecule has 1 atom stereocenters. The summed E-state index contributed by atoms with van der Waals surface area (Å²) in [5.74, 6) is 1.51. The number of nitrogens with one attached hydrogen (secondary N) is 1. The molecule has 0 spiro atoms. The molecular weight excluding hydrogens is 310 g/mol. The van der Waals surface area contributed by atoms with E-state index in [1.165, 1.54) is 4.88 Å². The minimum absolute atomic E-state index is 0.258. The Morgan fingerprint density at radius 2 is 2.26 bits per heavy atom. The van der Waals surface area contributed by atoms with Gasteiger partial charge in [-0.1, -0.05) is 0 Å². The molecule has 2 aromatic rings. The van der Waals surface area contributed by atoms with Crippen LogP contribution in [0.5, 0.6) is 0 Å². The number of thiazole rings is 1. The van der Waals surface area contributed by atoms with Crippen molar-refractivity contribution >= 4 is 23.1 Å². The molecule has 23 heavy (non-hydrogen) atoms. The van der Waals surface area contributed by atoms with Gasteiger partial charge in [0.2, 0.25) is 5.95 Å². The van der Waals surface area contributed by atoms with Crippen LogP contribution in [-0.4, -0.2) is 45.8 Å². The SMILES string of the molecule is Cc1nc(CCNc2nccc(N3CCCC(O)C3)n2)sc1C. The molecule has 0 aromatic carbocycles. The van der Waals surface area contributed by atoms with Crippen molar-refractivity contribution in [2.75, 3.05) is 29.9 Å². The van der Waals surface area contributed by atoms with Gasteiger partial charge in [0, 0.05) is 37.1 Å². The predicted octanol–water partition coefficient (Wildman–Crippen LogP) is 2.17. The quantitative estimate of drug-likeness (QED) is 0.873. The van der Waals surface area contributed by atoms with E-state index in [9.17, 15) is 5.11 Å². The number of aliphatic hydroxyl groups is 1. The standard InChI is InChI=1S/C16H23N5OS/c1-11-12(2)23-15(19-11)6-8-18-16-17-7-5-14(20-16)21-9-3-4-13(22)10-21/h5,7,13,22H,3-4,6,8-10H2,1-2H3,(H,17,18,20). The lowest BCUT2D eigenvalue weighted by Crippen LogP contribution is -2.38. The fourth-order valence-electron chi connectivity index (χ4n) is 2.70. The average Bonchev–Trinajstić information content (AvgIpc) is 2.86. The second-order valence-corrected chi connectivity index (χ2v) is 7.19. The van der Waals surface area contributed by atoms with Crippen molar-refractivity contribution in [1.29, 1.82) is 0 Å². The maximum absolute atomic E-state index is 9.80. The number of rotatable bonds is 5. The summed E-state index contributed by atoms with van der Waals surface area (Å²) < 4.78 is 0. The van der Waals surface area contributed by atoms with E-state index in [0.29, 0.717) is 12.5 Å². The molecule has 1 fully saturated rings. The monoisotopic (exact) mass is 333 g/mol. The molecule has 0 radical (unpaired) electrons. The number of β-amino-alcohol motifs (C(OH)–C–C–N with tert-alkyl or cyclic N) is 1. The summed E-state index contributed by atoms with van der Waals surface area (Å²) in [5, 5.41) is 14.2. The van der Waals surface area contributed by atoms with Crippen LogP contribution in [0.15, 0.2) is 12.3 Å². The Kier molecular flexibility index (Phi) is 5.07. The molecule has 1 aliphatic heterocycles. The second-order valence-electron chi connectivity index (χ2n) is 5.91. The number of piperidine rings is 1. The van der Waals surface area contributed by atoms with Crippen molar-refractivity contribution in [3.05, 3.63) is 27.8 Å². The van der Waals surface area contributed by atoms with Crippen LogP contribution < -0.4 is 10.2 Å². The van der Waals surface area contributed by atoms with Gasteiger partial charge in [0.05, 0.1) is 16.8 Å². The van der Waals surface area contributed by atoms with Crippen LogP contribution in [-0.2, 0) is 6.42 Å². The highest BCUT2D eigenvalue weighted by Gasteiger charge is 2.19. The summed E-state index contributed by atoms with van der Waals surface area (Å²) in [6.45, 7) is 6.49. The normalized spacial score (nSPS) is 18.2. The molecule has 1 unspecified atom stereocenters. The van der Waals surface area contributed by atoms with Crippen molar-refractivity contribution < 1.29 is 5.11 Å². The molecule has 1 aliphatic rings. The Labute approximate surface area is 140 Å². The Balaban J connectivity index is 1.57. The van der Waals surface area contributed by atoms with Crippen LogP contribution >= 0.6 is 11.3 Å². The van der Waals surface area contributed by atoms with Crippen LogP contribution in [0, 0.1) is 13.8 Å². The van der Waals surface area contributed by atoms with Gasteiger partial charge in [-0.15, -0.1) is 11.3 Å². The van der Waals surface area contributed by atoms with Gasteiger partial charge in [0.25, 0.3) is 0 Å². The van der Waals surface area contributed by atoms with E-state index >= 15 is 0 Å². The van der Waals surface area contributed by atoms with Gasteiger partial charge in [-0.05, 0) is 32.8 Å². The van der Waals surface area contributed by atoms with E-state index in [4.69, 9.17) is 0 Å². The van der Waals surface area contributed by atoms with Gasteiger partial charge in [-0.3, -0.25) is 0 Å². The van der Waals surface area contributed by atoms with E-state index < -0.39 is 0 Å². The molecule has 0 amide bonds. The Bertz CT molecular complexity index is 640. The van der Waals surface area contributed by atoms with E-state index in [2.05, 4.69) is 32.1 Å². The zero-order chi connectivity index (χ0) is 16.2. The lowest BCUT2D eigenvalue weighted by molar-refractivity contribution is 0.154. The van der Waals surface area contributed by atoms with Gasteiger partial charge in [0.15, 0.2) is 0 Å². The highest BCUT2D eigenvalue weighted by atomic mass is 32.1. The third kappa shape index (κ3) is 4.17. The van der Waals surface area contributed by atoms with Gasteiger partial charge in [-0.2, -0.15) is 4.98 Å². The van der Waals surface area contributed by atoms with E-state index in [0.717, 1.165) is 48.9 Å². The van der Waals surface area contributed by atoms with Gasteiger partial charge >= 0.3 is 0 Å². The summed E-state index contributed by atoms with van der Waals surface area (Å²) in [7, 11) is 0. The molecule has 6 nitrogen and oxygen atoms in total. The molecule has 7 heteroatoms. The number of anilines is 2. The molecule has 0 saturated carbocycles. The van der Waals surface area contributed by atoms with Crippen LogP contribution in [0.1, 0.15) is 28.4 Å². The van der Waals surface area contributed by atoms with Crippen molar-refractivity contribution in [3.8, 4) is 0 Å². The topological polar surface area (TPSA) is 74.2 Å². The largest absolute Gasteiger partial charge is 0.391 e. The van der Waals surface area contributed by atoms with Crippen LogP contribution in [0.4, 0.5) is 11.8 Å². The first kappa shape index (κ1) is 16.1. The van der Waals surface area contributed by atoms with Gasteiger partial charge in [-0.25, -0.2) is 9.97 Å². The number of hydrogen-bond donors (Lipinski definition) is 2. The molecule has 2 N–H and O–H groups in total. The molecule has 3 heterocycles. The van der Waals surface area contributed by atoms with Crippen LogP contribution in [0.3, 0.4) is 0 Å². The first-order valence-electron chi connectivity index (χ1n) is 8.04. The van der Waals surface area contributed by atoms with Crippen molar-refractivity contribution in [2.45, 2.75) is 39.2 Å². The fourth-order valence-corrected chi connectivity index (χ4v) is 3.63. The number of aliphatic hydroxyl groups excluding tert-OH is 1. The average molecular weight is 333 g/mol. The molecule has 3 rings (SSSR count). The minimum Gasteiger partial charge on any atom is -0.391 e. The Morgan fingerprint density at radius 1 is 1.39 bits per heavy atom. The van der Waals surface area contributed by atoms with Gasteiger partial charge in [0.1, 0.15) is 5.82 Å². The molecule has 2 aromatic heterocycles. The highest BCUT2D eigenvalue weighted by molar-refractivity contribution is 7.11. The molecular formula is C16H23N5OS. The maximum atomic E-state index is 9.80. The number of aromatic nitrogens is 3. The van der Waals surface area contributed by atoms with Crippen molar-refractivity contribution in [3.63, 3.8) is 0 Å². The Morgan fingerprint density at radius 3 is 3.00 bits per heavy atom. The molecule has 124 valence electrons. The van der Waals surface area contributed by atoms with Crippen molar-refractivity contribution in [1.82, 2.24) is 15.0 Å². The number of nitrogens with zero attached hydrogens (tertiary/aromatic N) is 4. The van der Waals surface area contributed by atoms with Crippen LogP contribution in [0.25, 0.3) is 0 Å². The zero-order valence-electron chi connectivity index (χ0n) is 13.6. The minimum atomic E-state index is -0.258. The van der Waals surface area contributed by atoms with E-state index in [-0.39, 0.29) is 6.10 Å². The molecule has 1 saturated heterocycles. The smallest absolute Gasteiger partial charge is 0.224 e. The third-order valence-electron chi connectivity index (χ3n) is 4.06. The maximum Gasteiger partial charge on any atom is 0.224 e. The van der Waals surface area contributed by atoms with Crippen LogP contribution in [0.2, 0.25) is 0 Å². The summed E-state index contributed by atoms with van der Waals surface area (Å²) >= 11 is 1.75. The first-order valence-corrected chi connectivity index (χ1v) is 8.86. The zero-order valence-corrected chi connectivity index (χ0v) is 14.4. The van der Waals surface area contributed by atoms with E-state index in [1.54, 1.807) is 17.5 Å². The molecule has 0 bridgehead atoms.